The number of carbonyl (C=O) groups excluding carboxylic acids is 2. The number of rotatable bonds is 19. The van der Waals surface area contributed by atoms with Crippen molar-refractivity contribution >= 4 is 121 Å². The topological polar surface area (TPSA) is 262 Å². The Kier molecular flexibility index (Phi) is 23.2. The number of para-hydroxylation sites is 1. The van der Waals surface area contributed by atoms with Gasteiger partial charge in [0.15, 0.2) is 26.7 Å². The number of amides is 1. The van der Waals surface area contributed by atoms with Crippen molar-refractivity contribution in [1.82, 2.24) is 45.2 Å². The lowest BCUT2D eigenvalue weighted by Gasteiger charge is -2.29. The van der Waals surface area contributed by atoms with Crippen molar-refractivity contribution in [2.45, 2.75) is 29.8 Å². The molecule has 506 valence electrons. The molecule has 3 aromatic carbocycles. The van der Waals surface area contributed by atoms with Crippen molar-refractivity contribution in [1.29, 1.82) is 0 Å². The number of anilines is 13. The number of morpholine rings is 1. The van der Waals surface area contributed by atoms with Crippen LogP contribution < -0.4 is 51.6 Å². The molecule has 1 aliphatic rings. The SMILES string of the molecule is CNC(=O)c1ccccc1Nc1cc(Nc2ccccn2)ncc1C(F)(F)F.COC(=O)c1sc(SC)nc1Nc1cc(Nc2cc(N3CCOCC3)ccc2OC)ncc1C(F)(F)F.COc1ccc(C)cc1Nc1cc(Nc2ncsc2-c2ncccn2)c(C(F)(F)F)cn1. The summed E-state index contributed by atoms with van der Waals surface area (Å²) < 4.78 is 144. The molecule has 0 spiro atoms. The molecule has 0 aliphatic carbocycles. The van der Waals surface area contributed by atoms with Crippen LogP contribution in [0.25, 0.3) is 10.7 Å². The number of pyridine rings is 4. The molecule has 34 heteroatoms. The molecule has 0 unspecified atom stereocenters. The van der Waals surface area contributed by atoms with Crippen molar-refractivity contribution in [2.75, 3.05) is 97.7 Å². The van der Waals surface area contributed by atoms with Gasteiger partial charge in [-0.3, -0.25) is 4.79 Å². The average Bonchev–Trinajstić information content (AvgIpc) is 1.81. The number of nitrogens with zero attached hydrogens (tertiary/aromatic N) is 9. The first kappa shape index (κ1) is 70.7. The van der Waals surface area contributed by atoms with Crippen LogP contribution in [0.1, 0.15) is 42.3 Å². The molecule has 11 rings (SSSR count). The molecule has 7 N–H and O–H groups in total. The van der Waals surface area contributed by atoms with Gasteiger partial charge in [-0.25, -0.2) is 44.7 Å². The number of ether oxygens (including phenoxy) is 4. The molecule has 10 aromatic rings. The van der Waals surface area contributed by atoms with Gasteiger partial charge in [-0.15, -0.1) is 11.3 Å². The van der Waals surface area contributed by atoms with Gasteiger partial charge in [-0.2, -0.15) is 39.5 Å². The van der Waals surface area contributed by atoms with Crippen LogP contribution in [0.4, 0.5) is 114 Å². The molecule has 97 heavy (non-hydrogen) atoms. The van der Waals surface area contributed by atoms with Gasteiger partial charge in [0, 0.05) is 81.2 Å². The van der Waals surface area contributed by atoms with E-state index in [4.69, 9.17) is 18.9 Å². The summed E-state index contributed by atoms with van der Waals surface area (Å²) in [7, 11) is 5.65. The van der Waals surface area contributed by atoms with Crippen LogP contribution in [0.3, 0.4) is 0 Å². The molecule has 1 saturated heterocycles. The van der Waals surface area contributed by atoms with Crippen molar-refractivity contribution in [3.63, 3.8) is 0 Å². The Balaban J connectivity index is 0.000000172. The van der Waals surface area contributed by atoms with Crippen LogP contribution >= 0.6 is 34.4 Å². The minimum atomic E-state index is -4.70. The normalized spacial score (nSPS) is 12.2. The second kappa shape index (κ2) is 31.8. The quantitative estimate of drug-likeness (QED) is 0.0225. The molecule has 8 heterocycles. The Morgan fingerprint density at radius 1 is 0.567 bits per heavy atom. The monoisotopic (exact) mass is 1400 g/mol. The molecule has 22 nitrogen and oxygen atoms in total. The number of aryl methyl sites for hydroxylation is 1. The number of esters is 1. The molecular formula is C63H57F9N16O6S3. The molecule has 1 fully saturated rings. The zero-order valence-corrected chi connectivity index (χ0v) is 54.2. The molecular weight excluding hydrogens is 1340 g/mol. The van der Waals surface area contributed by atoms with E-state index in [9.17, 15) is 49.1 Å². The Morgan fingerprint density at radius 2 is 1.11 bits per heavy atom. The number of hydrogen-bond donors (Lipinski definition) is 7. The molecule has 0 atom stereocenters. The van der Waals surface area contributed by atoms with Gasteiger partial charge in [0.25, 0.3) is 5.91 Å². The fraction of sp³-hybridized carbons (Fsp3) is 0.206. The number of thioether (sulfide) groups is 1. The van der Waals surface area contributed by atoms with Crippen LogP contribution in [0.15, 0.2) is 150 Å². The van der Waals surface area contributed by atoms with E-state index < -0.39 is 47.1 Å². The number of nitrogens with one attached hydrogen (secondary N) is 7. The predicted molar refractivity (Wildman–Crippen MR) is 354 cm³/mol. The van der Waals surface area contributed by atoms with Gasteiger partial charge < -0.3 is 61.1 Å². The third kappa shape index (κ3) is 18.5. The summed E-state index contributed by atoms with van der Waals surface area (Å²) >= 11 is 3.51. The van der Waals surface area contributed by atoms with E-state index in [0.717, 1.165) is 41.2 Å². The second-order valence-electron chi connectivity index (χ2n) is 20.1. The standard InChI is InChI=1S/C23H24F3N5O4S2.C21H17F3N6OS.C19H16F3N5O/c1-33-17-5-4-13(31-6-8-35-9-7-31)10-16(17)28-18-11-15(14(12-27-18)23(24,25)26)29-20-19(21(32)34-2)37-22(30-20)36-3;1-12-4-5-16(31-2)15(8-12)29-17-9-14(13(10-27-17)21(22,23)24)30-20-18(32-11-28-20)19-25-6-3-7-26-19;1-23-18(28)12-6-2-3-7-14(12)26-15-10-17(25-11-13(15)19(20,21)22)27-16-8-4-5-9-24-16/h4-5,10-12H,6-9H2,1-3H3,(H2,27,28,29);3-11H,1-2H3,(H2,27,29,30);2-11H,1H3,(H,23,28)(H2,24,25,26,27). The first-order valence-corrected chi connectivity index (χ1v) is 31.4. The Morgan fingerprint density at radius 3 is 1.67 bits per heavy atom. The van der Waals surface area contributed by atoms with E-state index in [-0.39, 0.29) is 62.3 Å². The predicted octanol–water partition coefficient (Wildman–Crippen LogP) is 15.6. The molecule has 0 saturated carbocycles. The summed E-state index contributed by atoms with van der Waals surface area (Å²) in [5.74, 6) is 1.40. The van der Waals surface area contributed by atoms with Crippen molar-refractivity contribution in [3.8, 4) is 22.2 Å². The van der Waals surface area contributed by atoms with E-state index in [1.807, 2.05) is 31.2 Å². The van der Waals surface area contributed by atoms with Gasteiger partial charge in [0.1, 0.15) is 39.6 Å². The van der Waals surface area contributed by atoms with E-state index in [2.05, 4.69) is 82.0 Å². The summed E-state index contributed by atoms with van der Waals surface area (Å²) in [5, 5.41) is 19.5. The highest BCUT2D eigenvalue weighted by atomic mass is 32.2. The number of hydrogen-bond acceptors (Lipinski definition) is 24. The summed E-state index contributed by atoms with van der Waals surface area (Å²) in [6.45, 7) is 4.53. The molecule has 1 aliphatic heterocycles. The Bertz CT molecular complexity index is 4340. The minimum Gasteiger partial charge on any atom is -0.495 e. The van der Waals surface area contributed by atoms with Crippen LogP contribution in [0, 0.1) is 6.92 Å². The first-order chi connectivity index (χ1) is 46.5. The average molecular weight is 1400 g/mol. The molecule has 1 amide bonds. The van der Waals surface area contributed by atoms with Crippen molar-refractivity contribution in [2.24, 2.45) is 0 Å². The highest BCUT2D eigenvalue weighted by Crippen LogP contribution is 2.43. The van der Waals surface area contributed by atoms with Crippen LogP contribution in [0.5, 0.6) is 11.5 Å². The van der Waals surface area contributed by atoms with E-state index in [1.54, 1.807) is 73.4 Å². The lowest BCUT2D eigenvalue weighted by Crippen LogP contribution is -2.36. The van der Waals surface area contributed by atoms with Gasteiger partial charge in [0.2, 0.25) is 0 Å². The Hall–Kier alpha value is -10.6. The number of methoxy groups -OCH3 is 3. The number of thiazole rings is 2. The smallest absolute Gasteiger partial charge is 0.419 e. The van der Waals surface area contributed by atoms with Gasteiger partial charge in [-0.05, 0) is 79.4 Å². The highest BCUT2D eigenvalue weighted by Gasteiger charge is 2.38. The molecule has 0 bridgehead atoms. The fourth-order valence-electron chi connectivity index (χ4n) is 9.07. The largest absolute Gasteiger partial charge is 0.495 e. The van der Waals surface area contributed by atoms with Crippen molar-refractivity contribution in [3.05, 3.63) is 179 Å². The number of alkyl halides is 9. The van der Waals surface area contributed by atoms with E-state index in [1.165, 1.54) is 87.3 Å². The van der Waals surface area contributed by atoms with Gasteiger partial charge >= 0.3 is 24.5 Å². The highest BCUT2D eigenvalue weighted by molar-refractivity contribution is 8.00. The number of benzene rings is 3. The zero-order chi connectivity index (χ0) is 69.4. The number of carbonyl (C=O) groups is 2. The fourth-order valence-corrected chi connectivity index (χ4v) is 11.2. The first-order valence-electron chi connectivity index (χ1n) is 28.5. The summed E-state index contributed by atoms with van der Waals surface area (Å²) in [4.78, 5) is 59.5. The van der Waals surface area contributed by atoms with Crippen LogP contribution in [-0.2, 0) is 28.0 Å². The third-order valence-electron chi connectivity index (χ3n) is 13.7. The maximum atomic E-state index is 13.8. The summed E-state index contributed by atoms with van der Waals surface area (Å²) in [6.07, 6.45) is -5.31. The van der Waals surface area contributed by atoms with Crippen LogP contribution in [0.2, 0.25) is 0 Å². The van der Waals surface area contributed by atoms with E-state index in [0.29, 0.717) is 70.0 Å². The van der Waals surface area contributed by atoms with Crippen molar-refractivity contribution < 1.29 is 68.1 Å². The third-order valence-corrected chi connectivity index (χ3v) is 16.5. The van der Waals surface area contributed by atoms with Gasteiger partial charge in [-0.1, -0.05) is 47.4 Å². The maximum absolute atomic E-state index is 13.8. The Labute approximate surface area is 559 Å². The van der Waals surface area contributed by atoms with Crippen LogP contribution in [-0.4, -0.2) is 113 Å². The maximum Gasteiger partial charge on any atom is 0.419 e. The molecule has 7 aromatic heterocycles. The second-order valence-corrected chi connectivity index (χ2v) is 23.0. The lowest BCUT2D eigenvalue weighted by atomic mass is 10.1. The minimum absolute atomic E-state index is 0.0317. The molecule has 0 radical (unpaired) electrons. The summed E-state index contributed by atoms with van der Waals surface area (Å²) in [5.41, 5.74) is 1.28. The van der Waals surface area contributed by atoms with E-state index >= 15 is 0 Å². The zero-order valence-electron chi connectivity index (χ0n) is 51.8. The summed E-state index contributed by atoms with van der Waals surface area (Å²) in [6, 6.07) is 27.7. The number of halogens is 9. The lowest BCUT2D eigenvalue weighted by molar-refractivity contribution is -0.138. The van der Waals surface area contributed by atoms with Gasteiger partial charge in [0.05, 0.1) is 96.4 Å². The number of aromatic nitrogens is 8.